The highest BCUT2D eigenvalue weighted by molar-refractivity contribution is 7.20. The number of rotatable bonds is 1. The molecule has 3 N–H and O–H groups in total. The summed E-state index contributed by atoms with van der Waals surface area (Å²) in [6, 6.07) is -0.791. The van der Waals surface area contributed by atoms with Crippen LogP contribution in [0.4, 0.5) is 0 Å². The number of hydrogen-bond acceptors (Lipinski definition) is 7. The molecule has 0 aromatic carbocycles. The fourth-order valence-corrected chi connectivity index (χ4v) is 6.28. The van der Waals surface area contributed by atoms with Crippen molar-refractivity contribution in [1.82, 2.24) is 25.5 Å². The number of likely N-dealkylation sites (tertiary alicyclic amines) is 1. The minimum Gasteiger partial charge on any atom is -0.379 e. The molecule has 0 aliphatic carbocycles. The number of carbonyl (C=O) groups excluding carboxylic acids is 3. The molecule has 0 bridgehead atoms. The first-order valence-electron chi connectivity index (χ1n) is 12.6. The van der Waals surface area contributed by atoms with Gasteiger partial charge in [0.15, 0.2) is 0 Å². The number of ether oxygens (including phenoxy) is 1. The van der Waals surface area contributed by atoms with Crippen molar-refractivity contribution in [3.63, 3.8) is 0 Å². The number of fused-ring (bicyclic) bond motifs is 1. The van der Waals surface area contributed by atoms with Crippen molar-refractivity contribution in [2.24, 2.45) is 5.41 Å². The second-order valence-electron chi connectivity index (χ2n) is 10.1. The van der Waals surface area contributed by atoms with E-state index in [2.05, 4.69) is 20.6 Å². The lowest BCUT2D eigenvalue weighted by atomic mass is 9.73. The van der Waals surface area contributed by atoms with Crippen LogP contribution in [-0.2, 0) is 14.3 Å². The zero-order chi connectivity index (χ0) is 26.0. The Morgan fingerprint density at radius 2 is 1.81 bits per heavy atom. The molecule has 2 aliphatic rings. The van der Waals surface area contributed by atoms with Gasteiger partial charge in [0.2, 0.25) is 11.8 Å². The number of aromatic amines is 1. The quantitative estimate of drug-likeness (QED) is 0.530. The van der Waals surface area contributed by atoms with Gasteiger partial charge in [0.05, 0.1) is 22.3 Å². The first kappa shape index (κ1) is 26.3. The summed E-state index contributed by atoms with van der Waals surface area (Å²) in [5, 5.41) is 6.27. The van der Waals surface area contributed by atoms with Gasteiger partial charge < -0.3 is 25.3 Å². The van der Waals surface area contributed by atoms with Crippen LogP contribution in [0.2, 0.25) is 0 Å². The van der Waals surface area contributed by atoms with Gasteiger partial charge in [-0.25, -0.2) is 4.98 Å². The molecule has 3 amide bonds. The molecule has 2 aromatic rings. The molecule has 1 spiro atoms. The maximum Gasteiger partial charge on any atom is 0.264 e. The smallest absolute Gasteiger partial charge is 0.264 e. The van der Waals surface area contributed by atoms with Gasteiger partial charge in [-0.3, -0.25) is 19.2 Å². The van der Waals surface area contributed by atoms with E-state index in [1.165, 1.54) is 11.3 Å². The predicted octanol–water partition coefficient (Wildman–Crippen LogP) is 2.03. The Kier molecular flexibility index (Phi) is 7.79. The van der Waals surface area contributed by atoms with E-state index < -0.39 is 11.5 Å². The Hall–Kier alpha value is -2.79. The SMILES string of the molecule is Cc1nc2sc(C(=O)N3CCC4(CCCCOC[C@H](C)NC(=O)[C@H](C)NC4=O)CC3)c(C)c2c(=O)[nH]1. The van der Waals surface area contributed by atoms with Crippen molar-refractivity contribution < 1.29 is 19.1 Å². The van der Waals surface area contributed by atoms with Crippen LogP contribution in [0.5, 0.6) is 0 Å². The van der Waals surface area contributed by atoms with E-state index in [4.69, 9.17) is 4.74 Å². The third kappa shape index (κ3) is 5.31. The third-order valence-corrected chi connectivity index (χ3v) is 8.47. The number of aryl methyl sites for hydroxylation is 2. The lowest BCUT2D eigenvalue weighted by Crippen LogP contribution is -2.55. The van der Waals surface area contributed by atoms with Crippen molar-refractivity contribution in [2.45, 2.75) is 71.9 Å². The molecule has 36 heavy (non-hydrogen) atoms. The molecule has 11 heteroatoms. The van der Waals surface area contributed by atoms with Crippen LogP contribution in [0.3, 0.4) is 0 Å². The van der Waals surface area contributed by atoms with Crippen LogP contribution in [0, 0.1) is 19.3 Å². The van der Waals surface area contributed by atoms with Crippen molar-refractivity contribution in [2.75, 3.05) is 26.3 Å². The number of piperidine rings is 1. The van der Waals surface area contributed by atoms with Crippen LogP contribution in [0.15, 0.2) is 4.79 Å². The van der Waals surface area contributed by atoms with Crippen molar-refractivity contribution >= 4 is 39.3 Å². The summed E-state index contributed by atoms with van der Waals surface area (Å²) < 4.78 is 5.69. The van der Waals surface area contributed by atoms with Crippen LogP contribution in [0.25, 0.3) is 10.2 Å². The monoisotopic (exact) mass is 517 g/mol. The molecule has 2 atom stereocenters. The predicted molar refractivity (Wildman–Crippen MR) is 137 cm³/mol. The average Bonchev–Trinajstić information content (AvgIpc) is 3.16. The van der Waals surface area contributed by atoms with E-state index in [1.54, 1.807) is 25.7 Å². The Morgan fingerprint density at radius 1 is 1.08 bits per heavy atom. The summed E-state index contributed by atoms with van der Waals surface area (Å²) in [6.45, 7) is 8.94. The molecule has 0 saturated carbocycles. The largest absolute Gasteiger partial charge is 0.379 e. The molecule has 0 radical (unpaired) electrons. The summed E-state index contributed by atoms with van der Waals surface area (Å²) in [5.41, 5.74) is -0.237. The van der Waals surface area contributed by atoms with Crippen molar-refractivity contribution in [3.05, 3.63) is 26.6 Å². The molecular weight excluding hydrogens is 482 g/mol. The number of nitrogens with zero attached hydrogens (tertiary/aromatic N) is 2. The lowest BCUT2D eigenvalue weighted by molar-refractivity contribution is -0.137. The van der Waals surface area contributed by atoms with Crippen molar-refractivity contribution in [1.29, 1.82) is 0 Å². The normalized spacial score (nSPS) is 23.9. The third-order valence-electron chi connectivity index (χ3n) is 7.29. The Labute approximate surface area is 214 Å². The summed E-state index contributed by atoms with van der Waals surface area (Å²) in [7, 11) is 0. The molecule has 0 unspecified atom stereocenters. The highest BCUT2D eigenvalue weighted by Gasteiger charge is 2.43. The molecule has 4 rings (SSSR count). The van der Waals surface area contributed by atoms with Gasteiger partial charge in [0.25, 0.3) is 11.5 Å². The van der Waals surface area contributed by atoms with Gasteiger partial charge in [0, 0.05) is 25.7 Å². The number of amides is 3. The second-order valence-corrected chi connectivity index (χ2v) is 11.1. The lowest BCUT2D eigenvalue weighted by Gasteiger charge is -2.41. The van der Waals surface area contributed by atoms with E-state index >= 15 is 0 Å². The van der Waals surface area contributed by atoms with Gasteiger partial charge in [-0.15, -0.1) is 11.3 Å². The molecule has 2 saturated heterocycles. The number of aromatic nitrogens is 2. The molecule has 2 aliphatic heterocycles. The Morgan fingerprint density at radius 3 is 2.53 bits per heavy atom. The molecule has 2 aromatic heterocycles. The van der Waals surface area contributed by atoms with Crippen LogP contribution in [0.1, 0.15) is 67.0 Å². The number of carbonyl (C=O) groups is 3. The molecule has 10 nitrogen and oxygen atoms in total. The van der Waals surface area contributed by atoms with E-state index in [0.717, 1.165) is 12.8 Å². The number of H-pyrrole nitrogens is 1. The zero-order valence-corrected chi connectivity index (χ0v) is 22.2. The number of thiophene rings is 1. The number of nitrogens with one attached hydrogen (secondary N) is 3. The van der Waals surface area contributed by atoms with Gasteiger partial charge in [-0.2, -0.15) is 0 Å². The maximum absolute atomic E-state index is 13.4. The zero-order valence-electron chi connectivity index (χ0n) is 21.4. The highest BCUT2D eigenvalue weighted by atomic mass is 32.1. The molecule has 196 valence electrons. The Bertz CT molecular complexity index is 1210. The van der Waals surface area contributed by atoms with Crippen LogP contribution < -0.4 is 16.2 Å². The van der Waals surface area contributed by atoms with Crippen LogP contribution >= 0.6 is 11.3 Å². The first-order chi connectivity index (χ1) is 17.1. The average molecular weight is 518 g/mol. The van der Waals surface area contributed by atoms with E-state index in [-0.39, 0.29) is 29.3 Å². The first-order valence-corrected chi connectivity index (χ1v) is 13.4. The summed E-state index contributed by atoms with van der Waals surface area (Å²) in [6.07, 6.45) is 3.36. The molecule has 2 fully saturated rings. The summed E-state index contributed by atoms with van der Waals surface area (Å²) in [5.74, 6) is 0.0112. The maximum atomic E-state index is 13.4. The van der Waals surface area contributed by atoms with Crippen molar-refractivity contribution in [3.8, 4) is 0 Å². The fourth-order valence-electron chi connectivity index (χ4n) is 5.08. The minimum absolute atomic E-state index is 0.130. The van der Waals surface area contributed by atoms with Gasteiger partial charge >= 0.3 is 0 Å². The van der Waals surface area contributed by atoms with Crippen LogP contribution in [-0.4, -0.2) is 71.0 Å². The van der Waals surface area contributed by atoms with Gasteiger partial charge in [-0.05, 0) is 58.9 Å². The standard InChI is InChI=1S/C25H35N5O5S/c1-14-13-35-12-6-5-7-25(24(34)27-16(3)20(31)26-14)8-10-30(11-9-25)23(33)19-15(2)18-21(32)28-17(4)29-22(18)36-19/h14,16H,5-13H2,1-4H3,(H,26,31)(H,27,34)(H,28,29,32)/t14-,16-/m0/s1. The van der Waals surface area contributed by atoms with E-state index in [1.807, 2.05) is 6.92 Å². The minimum atomic E-state index is -0.660. The number of hydrogen-bond donors (Lipinski definition) is 3. The van der Waals surface area contributed by atoms with Gasteiger partial charge in [0.1, 0.15) is 16.7 Å². The highest BCUT2D eigenvalue weighted by Crippen LogP contribution is 2.38. The second kappa shape index (κ2) is 10.7. The summed E-state index contributed by atoms with van der Waals surface area (Å²) >= 11 is 1.24. The fraction of sp³-hybridized carbons (Fsp3) is 0.640. The molecule has 4 heterocycles. The molecular formula is C25H35N5O5S. The van der Waals surface area contributed by atoms with E-state index in [0.29, 0.717) is 72.0 Å². The Balaban J connectivity index is 1.51. The van der Waals surface area contributed by atoms with Gasteiger partial charge in [-0.1, -0.05) is 6.42 Å². The summed E-state index contributed by atoms with van der Waals surface area (Å²) in [4.78, 5) is 61.8. The topological polar surface area (TPSA) is 133 Å². The van der Waals surface area contributed by atoms with E-state index in [9.17, 15) is 19.2 Å².